The van der Waals surface area contributed by atoms with Gasteiger partial charge in [0.2, 0.25) is 0 Å². The van der Waals surface area contributed by atoms with Crippen molar-refractivity contribution in [3.63, 3.8) is 0 Å². The zero-order valence-electron chi connectivity index (χ0n) is 12.1. The van der Waals surface area contributed by atoms with Crippen LogP contribution in [0.4, 0.5) is 0 Å². The van der Waals surface area contributed by atoms with Crippen molar-refractivity contribution in [2.45, 2.75) is 32.5 Å². The maximum atomic E-state index is 11.3. The molecule has 0 bridgehead atoms. The van der Waals surface area contributed by atoms with E-state index < -0.39 is 19.6 Å². The van der Waals surface area contributed by atoms with Crippen molar-refractivity contribution in [1.29, 1.82) is 0 Å². The second kappa shape index (κ2) is 5.31. The van der Waals surface area contributed by atoms with Crippen LogP contribution in [-0.2, 0) is 4.79 Å². The molecule has 0 aromatic heterocycles. The highest BCUT2D eigenvalue weighted by Crippen LogP contribution is 2.28. The fourth-order valence-corrected chi connectivity index (χ4v) is 4.91. The summed E-state index contributed by atoms with van der Waals surface area (Å²) in [5.74, 6) is -1.26. The Balaban J connectivity index is 3.10. The molecule has 1 aromatic carbocycles. The van der Waals surface area contributed by atoms with E-state index in [4.69, 9.17) is 5.73 Å². The summed E-state index contributed by atoms with van der Waals surface area (Å²) < 4.78 is 0. The van der Waals surface area contributed by atoms with E-state index in [1.165, 1.54) is 5.19 Å². The van der Waals surface area contributed by atoms with Gasteiger partial charge in [0.05, 0.1) is 0 Å². The topological polar surface area (TPSA) is 63.3 Å². The number of hydrogen-bond donors (Lipinski definition) is 2. The molecule has 0 aliphatic rings. The molecular weight excluding hydrogens is 254 g/mol. The van der Waals surface area contributed by atoms with Crippen LogP contribution in [0.25, 0.3) is 0 Å². The third kappa shape index (κ3) is 2.96. The van der Waals surface area contributed by atoms with Crippen LogP contribution in [0.1, 0.15) is 13.8 Å². The molecule has 0 radical (unpaired) electrons. The van der Waals surface area contributed by atoms with Crippen molar-refractivity contribution in [2.75, 3.05) is 0 Å². The van der Waals surface area contributed by atoms with E-state index in [0.29, 0.717) is 0 Å². The van der Waals surface area contributed by atoms with Gasteiger partial charge in [0.15, 0.2) is 0 Å². The van der Waals surface area contributed by atoms with Gasteiger partial charge in [-0.3, -0.25) is 4.79 Å². The lowest BCUT2D eigenvalue weighted by molar-refractivity contribution is -0.143. The lowest BCUT2D eigenvalue weighted by Crippen LogP contribution is -2.56. The standard InChI is InChI=1S/C15H23NO2Si/c1-11(15(3,16)14(17)18)12(2)19(4,5)13-9-7-6-8-10-13/h6-11H,2,16H2,1,3-5H3,(H,17,18)/t11-,15+/m0/s1. The first kappa shape index (κ1) is 15.7. The third-order valence-corrected chi connectivity index (χ3v) is 8.00. The van der Waals surface area contributed by atoms with Crippen LogP contribution in [-0.4, -0.2) is 24.7 Å². The molecule has 0 aliphatic heterocycles. The van der Waals surface area contributed by atoms with E-state index in [1.54, 1.807) is 6.92 Å². The minimum atomic E-state index is -1.94. The molecule has 0 unspecified atom stereocenters. The van der Waals surface area contributed by atoms with Crippen molar-refractivity contribution in [1.82, 2.24) is 0 Å². The SMILES string of the molecule is C=C([C@H](C)[C@@](C)(N)C(=O)O)[Si](C)(C)c1ccccc1. The van der Waals surface area contributed by atoms with E-state index in [0.717, 1.165) is 5.20 Å². The molecular formula is C15H23NO2Si. The summed E-state index contributed by atoms with van der Waals surface area (Å²) in [5.41, 5.74) is 4.66. The van der Waals surface area contributed by atoms with Crippen LogP contribution < -0.4 is 10.9 Å². The number of nitrogens with two attached hydrogens (primary N) is 1. The van der Waals surface area contributed by atoms with E-state index in [1.807, 2.05) is 25.1 Å². The molecule has 1 aromatic rings. The van der Waals surface area contributed by atoms with Crippen molar-refractivity contribution >= 4 is 19.2 Å². The van der Waals surface area contributed by atoms with E-state index in [9.17, 15) is 9.90 Å². The predicted octanol–water partition coefficient (Wildman–Crippen LogP) is 2.14. The molecule has 0 spiro atoms. The van der Waals surface area contributed by atoms with Crippen molar-refractivity contribution in [3.8, 4) is 0 Å². The largest absolute Gasteiger partial charge is 0.480 e. The van der Waals surface area contributed by atoms with Crippen LogP contribution >= 0.6 is 0 Å². The van der Waals surface area contributed by atoms with Crippen LogP contribution in [0.3, 0.4) is 0 Å². The summed E-state index contributed by atoms with van der Waals surface area (Å²) in [6.45, 7) is 11.9. The fourth-order valence-electron chi connectivity index (χ4n) is 2.13. The molecule has 3 nitrogen and oxygen atoms in total. The summed E-state index contributed by atoms with van der Waals surface area (Å²) in [6.07, 6.45) is 0. The number of hydrogen-bond acceptors (Lipinski definition) is 2. The average molecular weight is 277 g/mol. The van der Waals surface area contributed by atoms with Gasteiger partial charge in [0, 0.05) is 5.92 Å². The van der Waals surface area contributed by atoms with Gasteiger partial charge in [0.25, 0.3) is 0 Å². The second-order valence-electron chi connectivity index (χ2n) is 5.83. The zero-order valence-corrected chi connectivity index (χ0v) is 13.1. The molecule has 1 rings (SSSR count). The van der Waals surface area contributed by atoms with Gasteiger partial charge in [-0.2, -0.15) is 0 Å². The number of benzene rings is 1. The zero-order chi connectivity index (χ0) is 14.8. The second-order valence-corrected chi connectivity index (χ2v) is 10.3. The van der Waals surface area contributed by atoms with Gasteiger partial charge < -0.3 is 10.8 Å². The summed E-state index contributed by atoms with van der Waals surface area (Å²) in [6, 6.07) is 10.1. The Labute approximate surface area is 116 Å². The molecule has 2 atom stereocenters. The lowest BCUT2D eigenvalue weighted by Gasteiger charge is -2.36. The monoisotopic (exact) mass is 277 g/mol. The lowest BCUT2D eigenvalue weighted by atomic mass is 9.88. The van der Waals surface area contributed by atoms with Gasteiger partial charge in [-0.25, -0.2) is 0 Å². The summed E-state index contributed by atoms with van der Waals surface area (Å²) in [4.78, 5) is 11.3. The molecule has 0 heterocycles. The van der Waals surface area contributed by atoms with E-state index in [2.05, 4.69) is 31.8 Å². The molecule has 3 N–H and O–H groups in total. The molecule has 0 aliphatic carbocycles. The number of carbonyl (C=O) groups is 1. The first-order valence-electron chi connectivity index (χ1n) is 6.39. The Bertz CT molecular complexity index is 480. The molecule has 19 heavy (non-hydrogen) atoms. The average Bonchev–Trinajstić information content (AvgIpc) is 2.37. The molecule has 0 saturated carbocycles. The van der Waals surface area contributed by atoms with Gasteiger partial charge in [-0.15, -0.1) is 6.58 Å². The summed E-state index contributed by atoms with van der Waals surface area (Å²) in [7, 11) is -1.94. The maximum Gasteiger partial charge on any atom is 0.323 e. The van der Waals surface area contributed by atoms with Crippen LogP contribution in [0.5, 0.6) is 0 Å². The Hall–Kier alpha value is -1.39. The first-order chi connectivity index (χ1) is 8.61. The highest BCUT2D eigenvalue weighted by atomic mass is 28.3. The molecule has 0 saturated heterocycles. The van der Waals surface area contributed by atoms with Crippen molar-refractivity contribution in [3.05, 3.63) is 42.1 Å². The van der Waals surface area contributed by atoms with Crippen LogP contribution in [0.15, 0.2) is 42.1 Å². The normalized spacial score (nSPS) is 16.5. The highest BCUT2D eigenvalue weighted by molar-refractivity contribution is 6.95. The van der Waals surface area contributed by atoms with Gasteiger partial charge in [0.1, 0.15) is 13.6 Å². The maximum absolute atomic E-state index is 11.3. The Morgan fingerprint density at radius 2 is 1.84 bits per heavy atom. The minimum absolute atomic E-state index is 0.271. The Morgan fingerprint density at radius 1 is 1.37 bits per heavy atom. The number of rotatable bonds is 5. The molecule has 0 amide bonds. The van der Waals surface area contributed by atoms with E-state index >= 15 is 0 Å². The third-order valence-electron chi connectivity index (χ3n) is 4.18. The summed E-state index contributed by atoms with van der Waals surface area (Å²) in [5, 5.41) is 11.5. The fraction of sp³-hybridized carbons (Fsp3) is 0.400. The molecule has 0 fully saturated rings. The Kier molecular flexibility index (Phi) is 4.38. The van der Waals surface area contributed by atoms with Crippen molar-refractivity contribution in [2.24, 2.45) is 11.7 Å². The Morgan fingerprint density at radius 3 is 2.26 bits per heavy atom. The van der Waals surface area contributed by atoms with Crippen molar-refractivity contribution < 1.29 is 9.90 Å². The highest BCUT2D eigenvalue weighted by Gasteiger charge is 2.41. The number of carboxylic acid groups (broad SMARTS) is 1. The van der Waals surface area contributed by atoms with Gasteiger partial charge in [-0.05, 0) is 6.92 Å². The van der Waals surface area contributed by atoms with Gasteiger partial charge >= 0.3 is 5.97 Å². The minimum Gasteiger partial charge on any atom is -0.480 e. The molecule has 104 valence electrons. The van der Waals surface area contributed by atoms with Crippen LogP contribution in [0, 0.1) is 5.92 Å². The molecule has 4 heteroatoms. The quantitative estimate of drug-likeness (QED) is 0.811. The predicted molar refractivity (Wildman–Crippen MR) is 82.1 cm³/mol. The summed E-state index contributed by atoms with van der Waals surface area (Å²) >= 11 is 0. The van der Waals surface area contributed by atoms with Gasteiger partial charge in [-0.1, -0.05) is 60.7 Å². The first-order valence-corrected chi connectivity index (χ1v) is 9.39. The van der Waals surface area contributed by atoms with Crippen LogP contribution in [0.2, 0.25) is 13.1 Å². The smallest absolute Gasteiger partial charge is 0.323 e. The number of aliphatic carboxylic acids is 1. The van der Waals surface area contributed by atoms with E-state index in [-0.39, 0.29) is 5.92 Å². The number of carboxylic acids is 1.